The number of amides is 1. The highest BCUT2D eigenvalue weighted by Crippen LogP contribution is 2.39. The standard InChI is InChI=1S/C19H21N3O2/c1-12-20-16(14-6-7-14)10-18(21-12)22-19(23)11-17-15-5-3-2-4-13(15)8-9-24-17/h2-5,10,14,17H,6-9,11H2,1H3,(H,20,21,22,23)/t17-/m1/s1. The van der Waals surface area contributed by atoms with Crippen molar-refractivity contribution in [3.8, 4) is 0 Å². The Morgan fingerprint density at radius 2 is 2.12 bits per heavy atom. The minimum Gasteiger partial charge on any atom is -0.373 e. The maximum atomic E-state index is 12.4. The fourth-order valence-electron chi connectivity index (χ4n) is 3.25. The fraction of sp³-hybridized carbons (Fsp3) is 0.421. The molecule has 1 fully saturated rings. The van der Waals surface area contributed by atoms with Crippen molar-refractivity contribution in [1.82, 2.24) is 9.97 Å². The van der Waals surface area contributed by atoms with Gasteiger partial charge in [0.05, 0.1) is 19.1 Å². The van der Waals surface area contributed by atoms with Crippen molar-refractivity contribution in [1.29, 1.82) is 0 Å². The van der Waals surface area contributed by atoms with Crippen LogP contribution in [0, 0.1) is 6.92 Å². The number of nitrogens with zero attached hydrogens (tertiary/aromatic N) is 2. The molecule has 1 aliphatic heterocycles. The lowest BCUT2D eigenvalue weighted by molar-refractivity contribution is -0.119. The first-order chi connectivity index (χ1) is 11.7. The molecule has 4 rings (SSSR count). The highest BCUT2D eigenvalue weighted by molar-refractivity contribution is 5.90. The molecule has 2 heterocycles. The highest BCUT2D eigenvalue weighted by atomic mass is 16.5. The van der Waals surface area contributed by atoms with Gasteiger partial charge >= 0.3 is 0 Å². The number of aromatic nitrogens is 2. The van der Waals surface area contributed by atoms with Crippen LogP contribution in [0.1, 0.15) is 53.9 Å². The molecule has 0 unspecified atom stereocenters. The van der Waals surface area contributed by atoms with Gasteiger partial charge < -0.3 is 10.1 Å². The molecule has 0 bridgehead atoms. The second-order valence-electron chi connectivity index (χ2n) is 6.56. The zero-order valence-corrected chi connectivity index (χ0v) is 13.8. The highest BCUT2D eigenvalue weighted by Gasteiger charge is 2.27. The predicted octanol–water partition coefficient (Wildman–Crippen LogP) is 3.31. The van der Waals surface area contributed by atoms with Crippen LogP contribution in [0.3, 0.4) is 0 Å². The number of rotatable bonds is 4. The Balaban J connectivity index is 1.46. The quantitative estimate of drug-likeness (QED) is 0.937. The number of nitrogens with one attached hydrogen (secondary N) is 1. The average Bonchev–Trinajstić information content (AvgIpc) is 3.39. The van der Waals surface area contributed by atoms with Crippen LogP contribution < -0.4 is 5.32 Å². The normalized spacial score (nSPS) is 19.6. The summed E-state index contributed by atoms with van der Waals surface area (Å²) in [4.78, 5) is 21.2. The van der Waals surface area contributed by atoms with Crippen molar-refractivity contribution in [2.45, 2.75) is 44.6 Å². The number of hydrogen-bond donors (Lipinski definition) is 1. The van der Waals surface area contributed by atoms with Gasteiger partial charge in [0, 0.05) is 17.7 Å². The summed E-state index contributed by atoms with van der Waals surface area (Å²) in [5, 5.41) is 2.91. The number of ether oxygens (including phenoxy) is 1. The maximum absolute atomic E-state index is 12.4. The Morgan fingerprint density at radius 1 is 1.29 bits per heavy atom. The van der Waals surface area contributed by atoms with Crippen LogP contribution in [-0.4, -0.2) is 22.5 Å². The Kier molecular flexibility index (Phi) is 4.02. The third kappa shape index (κ3) is 3.31. The average molecular weight is 323 g/mol. The molecular weight excluding hydrogens is 302 g/mol. The Labute approximate surface area is 141 Å². The molecule has 2 aromatic rings. The van der Waals surface area contributed by atoms with Crippen molar-refractivity contribution in [3.63, 3.8) is 0 Å². The molecule has 1 amide bonds. The molecule has 0 saturated heterocycles. The summed E-state index contributed by atoms with van der Waals surface area (Å²) in [5.41, 5.74) is 3.43. The molecule has 5 heteroatoms. The summed E-state index contributed by atoms with van der Waals surface area (Å²) < 4.78 is 5.81. The maximum Gasteiger partial charge on any atom is 0.228 e. The zero-order chi connectivity index (χ0) is 16.5. The molecule has 1 aromatic heterocycles. The van der Waals surface area contributed by atoms with Gasteiger partial charge in [-0.1, -0.05) is 24.3 Å². The van der Waals surface area contributed by atoms with Crippen molar-refractivity contribution >= 4 is 11.7 Å². The molecule has 1 saturated carbocycles. The van der Waals surface area contributed by atoms with Crippen molar-refractivity contribution in [3.05, 3.63) is 53.0 Å². The van der Waals surface area contributed by atoms with E-state index in [-0.39, 0.29) is 12.0 Å². The lowest BCUT2D eigenvalue weighted by atomic mass is 9.95. The van der Waals surface area contributed by atoms with Gasteiger partial charge in [-0.2, -0.15) is 0 Å². The van der Waals surface area contributed by atoms with E-state index < -0.39 is 0 Å². The first-order valence-electron chi connectivity index (χ1n) is 8.54. The van der Waals surface area contributed by atoms with Gasteiger partial charge in [-0.25, -0.2) is 9.97 Å². The van der Waals surface area contributed by atoms with E-state index in [2.05, 4.69) is 21.4 Å². The largest absolute Gasteiger partial charge is 0.373 e. The molecule has 2 aliphatic rings. The van der Waals surface area contributed by atoms with Crippen LogP contribution in [-0.2, 0) is 16.0 Å². The van der Waals surface area contributed by atoms with E-state index in [0.717, 1.165) is 17.7 Å². The van der Waals surface area contributed by atoms with Crippen LogP contribution in [0.25, 0.3) is 0 Å². The van der Waals surface area contributed by atoms with Gasteiger partial charge in [0.1, 0.15) is 11.6 Å². The Bertz CT molecular complexity index is 771. The van der Waals surface area contributed by atoms with Gasteiger partial charge in [-0.15, -0.1) is 0 Å². The number of benzene rings is 1. The minimum atomic E-state index is -0.180. The number of hydrogen-bond acceptors (Lipinski definition) is 4. The summed E-state index contributed by atoms with van der Waals surface area (Å²) in [6.45, 7) is 2.52. The summed E-state index contributed by atoms with van der Waals surface area (Å²) in [5.74, 6) is 1.76. The van der Waals surface area contributed by atoms with Crippen molar-refractivity contribution in [2.75, 3.05) is 11.9 Å². The molecule has 1 aliphatic carbocycles. The molecular formula is C19H21N3O2. The topological polar surface area (TPSA) is 64.1 Å². The molecule has 5 nitrogen and oxygen atoms in total. The Morgan fingerprint density at radius 3 is 2.96 bits per heavy atom. The lowest BCUT2D eigenvalue weighted by Gasteiger charge is -2.25. The molecule has 0 radical (unpaired) electrons. The van der Waals surface area contributed by atoms with Crippen molar-refractivity contribution in [2.24, 2.45) is 0 Å². The molecule has 1 atom stereocenters. The van der Waals surface area contributed by atoms with Gasteiger partial charge in [-0.3, -0.25) is 4.79 Å². The second kappa shape index (κ2) is 6.32. The Hall–Kier alpha value is -2.27. The van der Waals surface area contributed by atoms with E-state index >= 15 is 0 Å². The summed E-state index contributed by atoms with van der Waals surface area (Å²) in [7, 11) is 0. The van der Waals surface area contributed by atoms with E-state index in [1.807, 2.05) is 31.2 Å². The summed E-state index contributed by atoms with van der Waals surface area (Å²) in [6, 6.07) is 10.1. The molecule has 1 N–H and O–H groups in total. The minimum absolute atomic E-state index is 0.0726. The second-order valence-corrected chi connectivity index (χ2v) is 6.56. The number of carbonyl (C=O) groups excluding carboxylic acids is 1. The van der Waals surface area contributed by atoms with E-state index in [1.165, 1.54) is 18.4 Å². The number of carbonyl (C=O) groups is 1. The van der Waals surface area contributed by atoms with Crippen LogP contribution in [0.2, 0.25) is 0 Å². The van der Waals surface area contributed by atoms with Gasteiger partial charge in [0.15, 0.2) is 0 Å². The lowest BCUT2D eigenvalue weighted by Crippen LogP contribution is -2.22. The number of anilines is 1. The first kappa shape index (κ1) is 15.3. The molecule has 124 valence electrons. The third-order valence-corrected chi connectivity index (χ3v) is 4.58. The SMILES string of the molecule is Cc1nc(NC(=O)C[C@H]2OCCc3ccccc32)cc(C2CC2)n1. The predicted molar refractivity (Wildman–Crippen MR) is 90.8 cm³/mol. The van der Waals surface area contributed by atoms with Gasteiger partial charge in [0.2, 0.25) is 5.91 Å². The third-order valence-electron chi connectivity index (χ3n) is 4.58. The number of fused-ring (bicyclic) bond motifs is 1. The first-order valence-corrected chi connectivity index (χ1v) is 8.54. The molecule has 0 spiro atoms. The van der Waals surface area contributed by atoms with Crippen LogP contribution in [0.4, 0.5) is 5.82 Å². The fourth-order valence-corrected chi connectivity index (χ4v) is 3.25. The molecule has 24 heavy (non-hydrogen) atoms. The van der Waals surface area contributed by atoms with Crippen LogP contribution in [0.5, 0.6) is 0 Å². The van der Waals surface area contributed by atoms with Crippen LogP contribution in [0.15, 0.2) is 30.3 Å². The van der Waals surface area contributed by atoms with Gasteiger partial charge in [0.25, 0.3) is 0 Å². The van der Waals surface area contributed by atoms with E-state index in [0.29, 0.717) is 30.6 Å². The van der Waals surface area contributed by atoms with Crippen LogP contribution >= 0.6 is 0 Å². The number of aryl methyl sites for hydroxylation is 1. The zero-order valence-electron chi connectivity index (χ0n) is 13.8. The van der Waals surface area contributed by atoms with E-state index in [1.54, 1.807) is 0 Å². The van der Waals surface area contributed by atoms with E-state index in [4.69, 9.17) is 4.74 Å². The van der Waals surface area contributed by atoms with Gasteiger partial charge in [-0.05, 0) is 37.3 Å². The van der Waals surface area contributed by atoms with E-state index in [9.17, 15) is 4.79 Å². The summed E-state index contributed by atoms with van der Waals surface area (Å²) in [6.07, 6.45) is 3.39. The molecule has 1 aromatic carbocycles. The monoisotopic (exact) mass is 323 g/mol. The van der Waals surface area contributed by atoms with Crippen molar-refractivity contribution < 1.29 is 9.53 Å². The summed E-state index contributed by atoms with van der Waals surface area (Å²) >= 11 is 0. The smallest absolute Gasteiger partial charge is 0.228 e.